The Bertz CT molecular complexity index is 1070. The zero-order chi connectivity index (χ0) is 19.1. The molecule has 2 atom stereocenters. The third-order valence-electron chi connectivity index (χ3n) is 5.19. The summed E-state index contributed by atoms with van der Waals surface area (Å²) in [6, 6.07) is 15.2. The van der Waals surface area contributed by atoms with Crippen molar-refractivity contribution in [2.45, 2.75) is 18.3 Å². The number of nitrogens with zero attached hydrogens (tertiary/aromatic N) is 2. The van der Waals surface area contributed by atoms with Crippen LogP contribution in [0.4, 0.5) is 5.95 Å². The van der Waals surface area contributed by atoms with Gasteiger partial charge in [-0.25, -0.2) is 4.98 Å². The summed E-state index contributed by atoms with van der Waals surface area (Å²) in [5, 5.41) is 9.79. The van der Waals surface area contributed by atoms with E-state index < -0.39 is 0 Å². The normalized spacial score (nSPS) is 18.3. The summed E-state index contributed by atoms with van der Waals surface area (Å²) in [5.41, 5.74) is 9.68. The highest BCUT2D eigenvalue weighted by atomic mass is 16.5. The van der Waals surface area contributed by atoms with Crippen molar-refractivity contribution in [2.75, 3.05) is 12.8 Å². The lowest BCUT2D eigenvalue weighted by Crippen LogP contribution is -2.21. The molecule has 138 valence electrons. The summed E-state index contributed by atoms with van der Waals surface area (Å²) < 4.78 is 6.55. The molecule has 0 amide bonds. The maximum Gasteiger partial charge on any atom is 0.254 e. The Labute approximate surface area is 156 Å². The lowest BCUT2D eigenvalue weighted by atomic mass is 9.99. The van der Waals surface area contributed by atoms with Crippen molar-refractivity contribution < 1.29 is 9.84 Å². The fourth-order valence-corrected chi connectivity index (χ4v) is 3.46. The van der Waals surface area contributed by atoms with E-state index in [1.807, 2.05) is 24.3 Å². The molecule has 1 saturated carbocycles. The number of phenolic OH excluding ortho intramolecular Hbond substituents is 1. The first-order valence-electron chi connectivity index (χ1n) is 8.78. The molecule has 0 radical (unpaired) electrons. The largest absolute Gasteiger partial charge is 0.504 e. The third kappa shape index (κ3) is 3.14. The Kier molecular flexibility index (Phi) is 4.11. The van der Waals surface area contributed by atoms with Gasteiger partial charge < -0.3 is 15.6 Å². The summed E-state index contributed by atoms with van der Waals surface area (Å²) in [4.78, 5) is 16.4. The Morgan fingerprint density at radius 3 is 2.67 bits per heavy atom. The van der Waals surface area contributed by atoms with E-state index in [4.69, 9.17) is 10.5 Å². The van der Waals surface area contributed by atoms with Crippen LogP contribution in [0.15, 0.2) is 53.3 Å². The summed E-state index contributed by atoms with van der Waals surface area (Å²) in [7, 11) is 3.15. The molecule has 0 aliphatic heterocycles. The second-order valence-electron chi connectivity index (χ2n) is 6.90. The average Bonchev–Trinajstić information content (AvgIpc) is 3.47. The van der Waals surface area contributed by atoms with Crippen molar-refractivity contribution in [3.63, 3.8) is 0 Å². The Balaban J connectivity index is 1.62. The molecule has 0 spiro atoms. The third-order valence-corrected chi connectivity index (χ3v) is 5.19. The van der Waals surface area contributed by atoms with Crippen LogP contribution in [0.2, 0.25) is 0 Å². The number of aromatic hydroxyl groups is 1. The maximum absolute atomic E-state index is 12.0. The Morgan fingerprint density at radius 1 is 1.15 bits per heavy atom. The zero-order valence-corrected chi connectivity index (χ0v) is 15.2. The molecule has 3 N–H and O–H groups in total. The summed E-state index contributed by atoms with van der Waals surface area (Å²) in [6.45, 7) is 0. The molecule has 4 rings (SSSR count). The molecule has 3 aromatic rings. The van der Waals surface area contributed by atoms with Gasteiger partial charge in [-0.1, -0.05) is 30.3 Å². The number of anilines is 1. The van der Waals surface area contributed by atoms with E-state index in [9.17, 15) is 9.90 Å². The maximum atomic E-state index is 12.0. The van der Waals surface area contributed by atoms with E-state index in [0.29, 0.717) is 11.7 Å². The fourth-order valence-electron chi connectivity index (χ4n) is 3.46. The van der Waals surface area contributed by atoms with Gasteiger partial charge in [0, 0.05) is 19.0 Å². The van der Waals surface area contributed by atoms with Crippen LogP contribution in [-0.2, 0) is 7.05 Å². The molecule has 0 bridgehead atoms. The molecule has 2 aromatic carbocycles. The van der Waals surface area contributed by atoms with Gasteiger partial charge in [-0.05, 0) is 41.2 Å². The SMILES string of the molecule is COc1cc(-c2cccc([C@@H]3C[C@@H]3c3cc(=O)n(C)c(N)n3)c2)ccc1O. The van der Waals surface area contributed by atoms with Crippen molar-refractivity contribution in [1.29, 1.82) is 0 Å². The van der Waals surface area contributed by atoms with Gasteiger partial charge in [-0.2, -0.15) is 0 Å². The number of nitrogen functional groups attached to an aromatic ring is 1. The zero-order valence-electron chi connectivity index (χ0n) is 15.2. The minimum Gasteiger partial charge on any atom is -0.504 e. The fraction of sp³-hybridized carbons (Fsp3) is 0.238. The highest BCUT2D eigenvalue weighted by Gasteiger charge is 2.41. The smallest absolute Gasteiger partial charge is 0.254 e. The predicted octanol–water partition coefficient (Wildman–Crippen LogP) is 3.01. The van der Waals surface area contributed by atoms with Gasteiger partial charge in [0.25, 0.3) is 5.56 Å². The molecular formula is C21H21N3O3. The molecule has 6 nitrogen and oxygen atoms in total. The highest BCUT2D eigenvalue weighted by molar-refractivity contribution is 5.68. The number of benzene rings is 2. The highest BCUT2D eigenvalue weighted by Crippen LogP contribution is 2.54. The first-order chi connectivity index (χ1) is 13.0. The van der Waals surface area contributed by atoms with Gasteiger partial charge in [-0.3, -0.25) is 9.36 Å². The van der Waals surface area contributed by atoms with Gasteiger partial charge in [0.05, 0.1) is 12.8 Å². The van der Waals surface area contributed by atoms with Gasteiger partial charge in [0.15, 0.2) is 11.5 Å². The molecular weight excluding hydrogens is 342 g/mol. The molecule has 6 heteroatoms. The molecule has 0 saturated heterocycles. The standard InChI is InChI=1S/C21H21N3O3/c1-24-20(26)11-17(23-21(24)22)16-10-15(16)14-5-3-4-12(8-14)13-6-7-18(25)19(9-13)27-2/h3-9,11,15-16,25H,10H2,1-2H3,(H2,22,23)/t15-,16-/m0/s1. The number of hydrogen-bond donors (Lipinski definition) is 2. The lowest BCUT2D eigenvalue weighted by molar-refractivity contribution is 0.373. The second kappa shape index (κ2) is 6.46. The second-order valence-corrected chi connectivity index (χ2v) is 6.90. The van der Waals surface area contributed by atoms with E-state index in [1.54, 1.807) is 19.2 Å². The number of hydrogen-bond acceptors (Lipinski definition) is 5. The van der Waals surface area contributed by atoms with Crippen LogP contribution in [0.25, 0.3) is 11.1 Å². The Hall–Kier alpha value is -3.28. The van der Waals surface area contributed by atoms with Crippen molar-refractivity contribution in [3.8, 4) is 22.6 Å². The first kappa shape index (κ1) is 17.1. The van der Waals surface area contributed by atoms with Crippen LogP contribution < -0.4 is 16.0 Å². The van der Waals surface area contributed by atoms with Gasteiger partial charge in [-0.15, -0.1) is 0 Å². The number of phenols is 1. The van der Waals surface area contributed by atoms with Crippen molar-refractivity contribution >= 4 is 5.95 Å². The summed E-state index contributed by atoms with van der Waals surface area (Å²) in [6.07, 6.45) is 0.946. The van der Waals surface area contributed by atoms with Crippen LogP contribution >= 0.6 is 0 Å². The minimum atomic E-state index is -0.131. The van der Waals surface area contributed by atoms with Crippen LogP contribution in [0.1, 0.15) is 29.5 Å². The van der Waals surface area contributed by atoms with Crippen LogP contribution in [0.3, 0.4) is 0 Å². The number of methoxy groups -OCH3 is 1. The quantitative estimate of drug-likeness (QED) is 0.744. The van der Waals surface area contributed by atoms with E-state index in [1.165, 1.54) is 17.2 Å². The minimum absolute atomic E-state index is 0.119. The predicted molar refractivity (Wildman–Crippen MR) is 104 cm³/mol. The molecule has 27 heavy (non-hydrogen) atoms. The average molecular weight is 363 g/mol. The van der Waals surface area contributed by atoms with E-state index in [-0.39, 0.29) is 23.2 Å². The first-order valence-corrected chi connectivity index (χ1v) is 8.78. The van der Waals surface area contributed by atoms with Crippen LogP contribution in [-0.4, -0.2) is 21.8 Å². The molecule has 0 unspecified atom stereocenters. The number of aromatic nitrogens is 2. The summed E-state index contributed by atoms with van der Waals surface area (Å²) >= 11 is 0. The number of rotatable bonds is 4. The van der Waals surface area contributed by atoms with Crippen LogP contribution in [0.5, 0.6) is 11.5 Å². The topological polar surface area (TPSA) is 90.4 Å². The molecule has 1 heterocycles. The monoisotopic (exact) mass is 363 g/mol. The molecule has 1 fully saturated rings. The van der Waals surface area contributed by atoms with E-state index in [0.717, 1.165) is 23.2 Å². The Morgan fingerprint density at radius 2 is 1.93 bits per heavy atom. The number of ether oxygens (including phenoxy) is 1. The van der Waals surface area contributed by atoms with Gasteiger partial charge >= 0.3 is 0 Å². The van der Waals surface area contributed by atoms with E-state index in [2.05, 4.69) is 17.1 Å². The molecule has 1 aliphatic rings. The van der Waals surface area contributed by atoms with Crippen molar-refractivity contribution in [1.82, 2.24) is 9.55 Å². The van der Waals surface area contributed by atoms with Gasteiger partial charge in [0.1, 0.15) is 0 Å². The summed E-state index contributed by atoms with van der Waals surface area (Å²) in [5.74, 6) is 1.35. The van der Waals surface area contributed by atoms with Crippen LogP contribution in [0, 0.1) is 0 Å². The number of nitrogens with two attached hydrogens (primary N) is 1. The van der Waals surface area contributed by atoms with Crippen molar-refractivity contribution in [2.24, 2.45) is 7.05 Å². The lowest BCUT2D eigenvalue weighted by Gasteiger charge is -2.09. The molecule has 1 aliphatic carbocycles. The van der Waals surface area contributed by atoms with Crippen molar-refractivity contribution in [3.05, 3.63) is 70.1 Å². The van der Waals surface area contributed by atoms with E-state index >= 15 is 0 Å². The molecule has 1 aromatic heterocycles. The van der Waals surface area contributed by atoms with Gasteiger partial charge in [0.2, 0.25) is 5.95 Å².